The predicted molar refractivity (Wildman–Crippen MR) is 146 cm³/mol. The topological polar surface area (TPSA) is 53.5 Å². The first-order valence-corrected chi connectivity index (χ1v) is 13.1. The lowest BCUT2D eigenvalue weighted by Crippen LogP contribution is -2.29. The normalized spacial score (nSPS) is 21.6. The third-order valence-electron chi connectivity index (χ3n) is 6.78. The molecule has 5 rings (SSSR count). The number of amides is 1. The lowest BCUT2D eigenvalue weighted by atomic mass is 9.76. The highest BCUT2D eigenvalue weighted by Gasteiger charge is 2.38. The van der Waals surface area contributed by atoms with Gasteiger partial charge in [0.15, 0.2) is 0 Å². The van der Waals surface area contributed by atoms with Gasteiger partial charge in [-0.05, 0) is 73.2 Å². The maximum Gasteiger partial charge on any atom is 0.253 e. The number of benzene rings is 3. The summed E-state index contributed by atoms with van der Waals surface area (Å²) in [7, 11) is 0. The minimum atomic E-state index is -0.243. The van der Waals surface area contributed by atoms with Gasteiger partial charge in [0, 0.05) is 21.5 Å². The Labute approximate surface area is 215 Å². The van der Waals surface area contributed by atoms with Crippen molar-refractivity contribution in [2.24, 2.45) is 11.0 Å². The fourth-order valence-corrected chi connectivity index (χ4v) is 6.04. The van der Waals surface area contributed by atoms with Crippen LogP contribution in [0.15, 0.2) is 94.9 Å². The minimum Gasteiger partial charge on any atom is -0.378 e. The number of carbonyl (C=O) groups is 1. The van der Waals surface area contributed by atoms with Crippen LogP contribution in [-0.4, -0.2) is 16.9 Å². The largest absolute Gasteiger partial charge is 0.378 e. The summed E-state index contributed by atoms with van der Waals surface area (Å²) < 4.78 is 0. The molecule has 3 aromatic carbocycles. The summed E-state index contributed by atoms with van der Waals surface area (Å²) in [6, 6.07) is 24.6. The van der Waals surface area contributed by atoms with Gasteiger partial charge in [-0.3, -0.25) is 4.79 Å². The van der Waals surface area contributed by atoms with E-state index in [-0.39, 0.29) is 17.2 Å². The van der Waals surface area contributed by atoms with E-state index in [1.54, 1.807) is 0 Å². The molecule has 4 nitrogen and oxygen atoms in total. The van der Waals surface area contributed by atoms with Gasteiger partial charge in [-0.1, -0.05) is 66.2 Å². The van der Waals surface area contributed by atoms with Crippen molar-refractivity contribution < 1.29 is 4.79 Å². The lowest BCUT2D eigenvalue weighted by Gasteiger charge is -2.38. The van der Waals surface area contributed by atoms with E-state index in [9.17, 15) is 4.79 Å². The summed E-state index contributed by atoms with van der Waals surface area (Å²) in [5, 5.41) is 8.71. The Balaban J connectivity index is 1.32. The average molecular weight is 502 g/mol. The quantitative estimate of drug-likeness (QED) is 0.163. The summed E-state index contributed by atoms with van der Waals surface area (Å²) in [5.41, 5.74) is 8.06. The molecule has 2 aliphatic rings. The smallest absolute Gasteiger partial charge is 0.253 e. The summed E-state index contributed by atoms with van der Waals surface area (Å²) in [5.74, 6) is 0.613. The van der Waals surface area contributed by atoms with Gasteiger partial charge >= 0.3 is 0 Å². The molecule has 4 atom stereocenters. The molecular weight excluding hydrogens is 474 g/mol. The Hall–Kier alpha value is -3.02. The summed E-state index contributed by atoms with van der Waals surface area (Å²) in [6.45, 7) is 3.83. The third kappa shape index (κ3) is 5.02. The molecule has 0 bridgehead atoms. The van der Waals surface area contributed by atoms with E-state index in [2.05, 4.69) is 52.3 Å². The van der Waals surface area contributed by atoms with Gasteiger partial charge in [0.05, 0.1) is 17.0 Å². The molecule has 1 aliphatic carbocycles. The number of hydrazone groups is 1. The van der Waals surface area contributed by atoms with Crippen molar-refractivity contribution in [1.29, 1.82) is 0 Å². The maximum atomic E-state index is 12.6. The van der Waals surface area contributed by atoms with Crippen molar-refractivity contribution in [1.82, 2.24) is 5.43 Å². The van der Waals surface area contributed by atoms with Crippen LogP contribution in [-0.2, 0) is 4.79 Å². The van der Waals surface area contributed by atoms with Crippen LogP contribution in [0.1, 0.15) is 48.9 Å². The Morgan fingerprint density at radius 1 is 1.09 bits per heavy atom. The number of rotatable bonds is 6. The van der Waals surface area contributed by atoms with E-state index in [1.807, 2.05) is 62.4 Å². The van der Waals surface area contributed by atoms with Gasteiger partial charge in [-0.15, -0.1) is 11.8 Å². The van der Waals surface area contributed by atoms with Crippen molar-refractivity contribution in [2.45, 2.75) is 42.4 Å². The second kappa shape index (κ2) is 10.3. The zero-order valence-electron chi connectivity index (χ0n) is 19.7. The number of thioether (sulfide) groups is 1. The van der Waals surface area contributed by atoms with Gasteiger partial charge in [-0.25, -0.2) is 5.43 Å². The molecule has 0 saturated heterocycles. The molecule has 178 valence electrons. The molecule has 1 aliphatic heterocycles. The Morgan fingerprint density at radius 3 is 2.66 bits per heavy atom. The van der Waals surface area contributed by atoms with Crippen molar-refractivity contribution in [3.8, 4) is 0 Å². The first-order valence-electron chi connectivity index (χ1n) is 11.9. The van der Waals surface area contributed by atoms with Crippen molar-refractivity contribution in [3.05, 3.63) is 107 Å². The fourth-order valence-electron chi connectivity index (χ4n) is 4.91. The number of anilines is 1. The number of carbonyl (C=O) groups excluding carboxylic acids is 1. The van der Waals surface area contributed by atoms with Crippen molar-refractivity contribution >= 4 is 40.7 Å². The zero-order valence-corrected chi connectivity index (χ0v) is 21.3. The van der Waals surface area contributed by atoms with E-state index in [0.717, 1.165) is 38.9 Å². The second-order valence-electron chi connectivity index (χ2n) is 9.05. The van der Waals surface area contributed by atoms with E-state index < -0.39 is 0 Å². The van der Waals surface area contributed by atoms with Crippen LogP contribution in [0.2, 0.25) is 5.02 Å². The van der Waals surface area contributed by atoms with Gasteiger partial charge in [-0.2, -0.15) is 5.10 Å². The molecular formula is C29H28ClN3OS. The summed E-state index contributed by atoms with van der Waals surface area (Å²) in [4.78, 5) is 13.7. The average Bonchev–Trinajstić information content (AvgIpc) is 3.38. The number of nitrogens with zero attached hydrogens (tertiary/aromatic N) is 1. The molecule has 0 unspecified atom stereocenters. The molecule has 0 aromatic heterocycles. The number of allylic oxidation sites excluding steroid dienone is 2. The number of nitrogens with one attached hydrogen (secondary N) is 2. The van der Waals surface area contributed by atoms with Crippen molar-refractivity contribution in [3.63, 3.8) is 0 Å². The minimum absolute atomic E-state index is 0.112. The SMILES string of the molecule is C/C(=N/NC(=O)[C@@H](C)Sc1ccccc1)c1ccc2c(c1)[C@@H]1C=CC[C@@H]1[C@H](c1ccccc1Cl)N2. The molecule has 0 saturated carbocycles. The number of hydrogen-bond acceptors (Lipinski definition) is 4. The molecule has 0 fully saturated rings. The molecule has 2 N–H and O–H groups in total. The van der Waals surface area contributed by atoms with Crippen LogP contribution in [0.4, 0.5) is 5.69 Å². The monoisotopic (exact) mass is 501 g/mol. The van der Waals surface area contributed by atoms with Crippen molar-refractivity contribution in [2.75, 3.05) is 5.32 Å². The van der Waals surface area contributed by atoms with E-state index >= 15 is 0 Å². The van der Waals surface area contributed by atoms with Gasteiger partial charge < -0.3 is 5.32 Å². The fraction of sp³-hybridized carbons (Fsp3) is 0.241. The van der Waals surface area contributed by atoms with Crippen LogP contribution in [0.5, 0.6) is 0 Å². The molecule has 0 radical (unpaired) electrons. The first kappa shape index (κ1) is 23.7. The Kier molecular flexibility index (Phi) is 6.98. The highest BCUT2D eigenvalue weighted by molar-refractivity contribution is 8.00. The predicted octanol–water partition coefficient (Wildman–Crippen LogP) is 7.19. The zero-order chi connectivity index (χ0) is 24.4. The number of hydrogen-bond donors (Lipinski definition) is 2. The maximum absolute atomic E-state index is 12.6. The number of fused-ring (bicyclic) bond motifs is 3. The van der Waals surface area contributed by atoms with Gasteiger partial charge in [0.25, 0.3) is 5.91 Å². The van der Waals surface area contributed by atoms with E-state index in [0.29, 0.717) is 11.8 Å². The summed E-state index contributed by atoms with van der Waals surface area (Å²) >= 11 is 8.08. The van der Waals surface area contributed by atoms with Crippen LogP contribution in [0, 0.1) is 5.92 Å². The van der Waals surface area contributed by atoms with Crippen LogP contribution in [0.25, 0.3) is 0 Å². The highest BCUT2D eigenvalue weighted by atomic mass is 35.5. The standard InChI is InChI=1S/C29H28ClN3OS/c1-18(32-33-29(34)19(2)35-21-9-4-3-5-10-21)20-15-16-27-25(17-20)22-12-8-13-23(22)28(31-27)24-11-6-7-14-26(24)30/h3-12,14-17,19,22-23,28,31H,13H2,1-2H3,(H,33,34)/b32-18-/t19-,22-,23+,28-/m1/s1. The van der Waals surface area contributed by atoms with Gasteiger partial charge in [0.2, 0.25) is 0 Å². The second-order valence-corrected chi connectivity index (χ2v) is 10.9. The van der Waals surface area contributed by atoms with E-state index in [1.165, 1.54) is 17.3 Å². The summed E-state index contributed by atoms with van der Waals surface area (Å²) in [6.07, 6.45) is 5.60. The lowest BCUT2D eigenvalue weighted by molar-refractivity contribution is -0.120. The van der Waals surface area contributed by atoms with Crippen LogP contribution >= 0.6 is 23.4 Å². The molecule has 1 amide bonds. The molecule has 35 heavy (non-hydrogen) atoms. The van der Waals surface area contributed by atoms with Crippen LogP contribution in [0.3, 0.4) is 0 Å². The van der Waals surface area contributed by atoms with E-state index in [4.69, 9.17) is 11.6 Å². The Bertz CT molecular complexity index is 1290. The number of halogens is 1. The molecule has 0 spiro atoms. The highest BCUT2D eigenvalue weighted by Crippen LogP contribution is 2.50. The van der Waals surface area contributed by atoms with Gasteiger partial charge in [0.1, 0.15) is 0 Å². The molecule has 6 heteroatoms. The molecule has 3 aromatic rings. The van der Waals surface area contributed by atoms with Crippen LogP contribution < -0.4 is 10.7 Å². The first-order chi connectivity index (χ1) is 17.0. The third-order valence-corrected chi connectivity index (χ3v) is 8.24. The molecule has 1 heterocycles. The Morgan fingerprint density at radius 2 is 1.86 bits per heavy atom.